The molecular formula is C19H21ClN2O2. The van der Waals surface area contributed by atoms with Gasteiger partial charge in [0.1, 0.15) is 0 Å². The molecule has 1 heterocycles. The molecule has 2 aromatic carbocycles. The SMILES string of the molecule is O=C(N[C@@H]1CN(Cc2ccc(Cl)cc2)C[C@H]1CO)c1ccccc1. The fourth-order valence-corrected chi connectivity index (χ4v) is 3.25. The van der Waals surface area contributed by atoms with Gasteiger partial charge in [-0.2, -0.15) is 0 Å². The summed E-state index contributed by atoms with van der Waals surface area (Å²) in [6.45, 7) is 2.34. The van der Waals surface area contributed by atoms with Crippen LogP contribution in [-0.2, 0) is 6.54 Å². The molecule has 2 N–H and O–H groups in total. The number of rotatable bonds is 5. The molecule has 2 aromatic rings. The number of benzene rings is 2. The maximum absolute atomic E-state index is 12.3. The van der Waals surface area contributed by atoms with Gasteiger partial charge in [0.05, 0.1) is 0 Å². The van der Waals surface area contributed by atoms with Gasteiger partial charge in [-0.25, -0.2) is 0 Å². The van der Waals surface area contributed by atoms with Gasteiger partial charge in [0.25, 0.3) is 5.91 Å². The summed E-state index contributed by atoms with van der Waals surface area (Å²) in [5.41, 5.74) is 1.82. The average Bonchev–Trinajstić information content (AvgIpc) is 2.99. The van der Waals surface area contributed by atoms with Crippen LogP contribution in [0.15, 0.2) is 54.6 Å². The highest BCUT2D eigenvalue weighted by molar-refractivity contribution is 6.30. The smallest absolute Gasteiger partial charge is 0.251 e. The summed E-state index contributed by atoms with van der Waals surface area (Å²) in [6, 6.07) is 16.9. The second-order valence-corrected chi connectivity index (χ2v) is 6.65. The van der Waals surface area contributed by atoms with Crippen LogP contribution >= 0.6 is 11.6 Å². The van der Waals surface area contributed by atoms with Gasteiger partial charge in [-0.1, -0.05) is 41.9 Å². The molecule has 0 unspecified atom stereocenters. The Morgan fingerprint density at radius 1 is 1.12 bits per heavy atom. The Hall–Kier alpha value is -1.88. The lowest BCUT2D eigenvalue weighted by Gasteiger charge is -2.18. The molecule has 3 rings (SSSR count). The molecule has 1 amide bonds. The van der Waals surface area contributed by atoms with Gasteiger partial charge in [0, 0.05) is 48.8 Å². The predicted octanol–water partition coefficient (Wildman–Crippen LogP) is 2.56. The van der Waals surface area contributed by atoms with Gasteiger partial charge >= 0.3 is 0 Å². The molecule has 1 saturated heterocycles. The molecule has 5 heteroatoms. The molecule has 0 saturated carbocycles. The quantitative estimate of drug-likeness (QED) is 0.876. The number of likely N-dealkylation sites (tertiary alicyclic amines) is 1. The third-order valence-corrected chi connectivity index (χ3v) is 4.68. The third kappa shape index (κ3) is 4.15. The molecule has 1 aliphatic heterocycles. The van der Waals surface area contributed by atoms with E-state index in [4.69, 9.17) is 11.6 Å². The van der Waals surface area contributed by atoms with Crippen molar-refractivity contribution < 1.29 is 9.90 Å². The maximum Gasteiger partial charge on any atom is 0.251 e. The first-order valence-corrected chi connectivity index (χ1v) is 8.47. The molecule has 2 atom stereocenters. The fraction of sp³-hybridized carbons (Fsp3) is 0.316. The summed E-state index contributed by atoms with van der Waals surface area (Å²) in [7, 11) is 0. The molecule has 24 heavy (non-hydrogen) atoms. The van der Waals surface area contributed by atoms with Crippen LogP contribution in [0.1, 0.15) is 15.9 Å². The second kappa shape index (κ2) is 7.79. The zero-order chi connectivity index (χ0) is 16.9. The van der Waals surface area contributed by atoms with Gasteiger partial charge in [0.15, 0.2) is 0 Å². The van der Waals surface area contributed by atoms with Crippen molar-refractivity contribution in [1.29, 1.82) is 0 Å². The number of hydrogen-bond donors (Lipinski definition) is 2. The number of aliphatic hydroxyl groups excluding tert-OH is 1. The number of nitrogens with one attached hydrogen (secondary N) is 1. The van der Waals surface area contributed by atoms with E-state index in [1.54, 1.807) is 12.1 Å². The minimum atomic E-state index is -0.0904. The highest BCUT2D eigenvalue weighted by atomic mass is 35.5. The molecule has 0 bridgehead atoms. The van der Waals surface area contributed by atoms with Crippen LogP contribution in [0.4, 0.5) is 0 Å². The van der Waals surface area contributed by atoms with Gasteiger partial charge in [0.2, 0.25) is 0 Å². The van der Waals surface area contributed by atoms with Gasteiger partial charge < -0.3 is 10.4 Å². The van der Waals surface area contributed by atoms with Crippen LogP contribution in [-0.4, -0.2) is 41.7 Å². The summed E-state index contributed by atoms with van der Waals surface area (Å²) >= 11 is 5.92. The number of carbonyl (C=O) groups excluding carboxylic acids is 1. The minimum absolute atomic E-state index is 0.0463. The largest absolute Gasteiger partial charge is 0.396 e. The minimum Gasteiger partial charge on any atom is -0.396 e. The standard InChI is InChI=1S/C19H21ClN2O2/c20-17-8-6-14(7-9-17)10-22-11-16(13-23)18(12-22)21-19(24)15-4-2-1-3-5-15/h1-9,16,18,23H,10-13H2,(H,21,24)/t16-,18+/m0/s1. The summed E-state index contributed by atoms with van der Waals surface area (Å²) in [5, 5.41) is 13.4. The Bertz CT molecular complexity index is 676. The number of nitrogens with zero attached hydrogens (tertiary/aromatic N) is 1. The first kappa shape index (κ1) is 17.0. The molecule has 126 valence electrons. The third-order valence-electron chi connectivity index (χ3n) is 4.42. The van der Waals surface area contributed by atoms with Crippen molar-refractivity contribution in [3.05, 3.63) is 70.7 Å². The summed E-state index contributed by atoms with van der Waals surface area (Å²) in [5.74, 6) is -0.0441. The Balaban J connectivity index is 1.62. The van der Waals surface area contributed by atoms with E-state index >= 15 is 0 Å². The molecule has 0 aromatic heterocycles. The Morgan fingerprint density at radius 2 is 1.83 bits per heavy atom. The first-order chi connectivity index (χ1) is 11.7. The van der Waals surface area contributed by atoms with Gasteiger partial charge in [-0.15, -0.1) is 0 Å². The second-order valence-electron chi connectivity index (χ2n) is 6.21. The van der Waals surface area contributed by atoms with Crippen molar-refractivity contribution in [1.82, 2.24) is 10.2 Å². The lowest BCUT2D eigenvalue weighted by molar-refractivity contribution is 0.0921. The van der Waals surface area contributed by atoms with E-state index in [9.17, 15) is 9.90 Å². The molecule has 0 spiro atoms. The number of halogens is 1. The maximum atomic E-state index is 12.3. The van der Waals surface area contributed by atoms with Crippen molar-refractivity contribution in [2.45, 2.75) is 12.6 Å². The summed E-state index contributed by atoms with van der Waals surface area (Å²) in [4.78, 5) is 14.6. The number of carbonyl (C=O) groups is 1. The first-order valence-electron chi connectivity index (χ1n) is 8.09. The Morgan fingerprint density at radius 3 is 2.50 bits per heavy atom. The van der Waals surface area contributed by atoms with Crippen molar-refractivity contribution in [2.75, 3.05) is 19.7 Å². The van der Waals surface area contributed by atoms with Crippen LogP contribution in [0, 0.1) is 5.92 Å². The van der Waals surface area contributed by atoms with Crippen molar-refractivity contribution in [2.24, 2.45) is 5.92 Å². The monoisotopic (exact) mass is 344 g/mol. The average molecular weight is 345 g/mol. The highest BCUT2D eigenvalue weighted by Crippen LogP contribution is 2.20. The lowest BCUT2D eigenvalue weighted by atomic mass is 10.0. The number of aliphatic hydroxyl groups is 1. The molecule has 4 nitrogen and oxygen atoms in total. The normalized spacial score (nSPS) is 20.9. The van der Waals surface area contributed by atoms with E-state index in [0.717, 1.165) is 24.7 Å². The number of amides is 1. The van der Waals surface area contributed by atoms with Gasteiger partial charge in [-0.05, 0) is 29.8 Å². The highest BCUT2D eigenvalue weighted by Gasteiger charge is 2.33. The predicted molar refractivity (Wildman–Crippen MR) is 95.0 cm³/mol. The van der Waals surface area contributed by atoms with Crippen LogP contribution in [0.5, 0.6) is 0 Å². The van der Waals surface area contributed by atoms with Gasteiger partial charge in [-0.3, -0.25) is 9.69 Å². The van der Waals surface area contributed by atoms with E-state index in [2.05, 4.69) is 10.2 Å². The van der Waals surface area contributed by atoms with Crippen LogP contribution in [0.3, 0.4) is 0 Å². The molecule has 0 aliphatic carbocycles. The molecular weight excluding hydrogens is 324 g/mol. The molecule has 1 aliphatic rings. The van der Waals surface area contributed by atoms with Crippen LogP contribution in [0.2, 0.25) is 5.02 Å². The van der Waals surface area contributed by atoms with E-state index in [-0.39, 0.29) is 24.5 Å². The van der Waals surface area contributed by atoms with Crippen molar-refractivity contribution in [3.63, 3.8) is 0 Å². The van der Waals surface area contributed by atoms with E-state index in [1.165, 1.54) is 5.56 Å². The van der Waals surface area contributed by atoms with E-state index in [1.807, 2.05) is 42.5 Å². The van der Waals surface area contributed by atoms with E-state index < -0.39 is 0 Å². The Kier molecular flexibility index (Phi) is 5.51. The van der Waals surface area contributed by atoms with E-state index in [0.29, 0.717) is 5.56 Å². The molecule has 0 radical (unpaired) electrons. The number of hydrogen-bond acceptors (Lipinski definition) is 3. The zero-order valence-electron chi connectivity index (χ0n) is 13.4. The molecule has 1 fully saturated rings. The van der Waals surface area contributed by atoms with Crippen LogP contribution in [0.25, 0.3) is 0 Å². The Labute approximate surface area is 147 Å². The van der Waals surface area contributed by atoms with Crippen LogP contribution < -0.4 is 5.32 Å². The summed E-state index contributed by atoms with van der Waals surface area (Å²) < 4.78 is 0. The summed E-state index contributed by atoms with van der Waals surface area (Å²) in [6.07, 6.45) is 0. The van der Waals surface area contributed by atoms with Crippen molar-refractivity contribution in [3.8, 4) is 0 Å². The van der Waals surface area contributed by atoms with Crippen molar-refractivity contribution >= 4 is 17.5 Å². The lowest BCUT2D eigenvalue weighted by Crippen LogP contribution is -2.41. The topological polar surface area (TPSA) is 52.6 Å². The fourth-order valence-electron chi connectivity index (χ4n) is 3.13. The zero-order valence-corrected chi connectivity index (χ0v) is 14.1.